The summed E-state index contributed by atoms with van der Waals surface area (Å²) in [5.41, 5.74) is 0.961. The van der Waals surface area contributed by atoms with E-state index in [0.29, 0.717) is 11.0 Å². The Morgan fingerprint density at radius 1 is 1.42 bits per heavy atom. The highest BCUT2D eigenvalue weighted by atomic mass is 127. The molecule has 1 aliphatic rings. The van der Waals surface area contributed by atoms with Crippen LogP contribution < -0.4 is 0 Å². The molecule has 0 saturated carbocycles. The van der Waals surface area contributed by atoms with E-state index in [1.165, 1.54) is 6.42 Å². The highest BCUT2D eigenvalue weighted by Gasteiger charge is 2.30. The molecule has 4 heteroatoms. The van der Waals surface area contributed by atoms with E-state index in [0.717, 1.165) is 29.5 Å². The smallest absolute Gasteiger partial charge is 0.253 e. The average molecular weight is 373 g/mol. The zero-order valence-corrected chi connectivity index (χ0v) is 13.6. The van der Waals surface area contributed by atoms with Crippen molar-refractivity contribution in [3.05, 3.63) is 27.3 Å². The van der Waals surface area contributed by atoms with Gasteiger partial charge in [0.1, 0.15) is 5.75 Å². The number of phenolic OH excluding ortho intramolecular Hbond substituents is 1. The van der Waals surface area contributed by atoms with Crippen molar-refractivity contribution in [2.45, 2.75) is 33.1 Å². The van der Waals surface area contributed by atoms with E-state index >= 15 is 0 Å². The van der Waals surface area contributed by atoms with Crippen LogP contribution in [0.4, 0.5) is 0 Å². The number of amides is 1. The van der Waals surface area contributed by atoms with E-state index in [9.17, 15) is 9.90 Å². The van der Waals surface area contributed by atoms with Gasteiger partial charge in [-0.15, -0.1) is 0 Å². The van der Waals surface area contributed by atoms with Crippen molar-refractivity contribution in [2.24, 2.45) is 5.41 Å². The number of piperidine rings is 1. The molecule has 0 spiro atoms. The summed E-state index contributed by atoms with van der Waals surface area (Å²) in [4.78, 5) is 14.3. The second-order valence-electron chi connectivity index (χ2n) is 5.62. The fraction of sp³-hybridized carbons (Fsp3) is 0.533. The largest absolute Gasteiger partial charge is 0.507 e. The topological polar surface area (TPSA) is 40.5 Å². The standard InChI is InChI=1S/C15H20INO2/c1-3-15(2)6-8-17(9-7-15)14(19)11-4-5-12(16)13(18)10-11/h4-5,10,18H,3,6-9H2,1-2H3. The number of rotatable bonds is 2. The number of aromatic hydroxyl groups is 1. The number of likely N-dealkylation sites (tertiary alicyclic amines) is 1. The summed E-state index contributed by atoms with van der Waals surface area (Å²) in [6, 6.07) is 5.14. The minimum atomic E-state index is 0.0323. The van der Waals surface area contributed by atoms with Gasteiger partial charge in [0, 0.05) is 18.7 Å². The molecule has 1 aliphatic heterocycles. The molecule has 0 radical (unpaired) electrons. The van der Waals surface area contributed by atoms with Crippen LogP contribution in [0.15, 0.2) is 18.2 Å². The molecular formula is C15H20INO2. The number of halogens is 1. The third kappa shape index (κ3) is 3.22. The lowest BCUT2D eigenvalue weighted by Crippen LogP contribution is -2.41. The van der Waals surface area contributed by atoms with Gasteiger partial charge in [0.05, 0.1) is 3.57 Å². The Labute approximate surface area is 128 Å². The fourth-order valence-electron chi connectivity index (χ4n) is 2.43. The number of nitrogens with zero attached hydrogens (tertiary/aromatic N) is 1. The Bertz CT molecular complexity index is 479. The first-order chi connectivity index (χ1) is 8.95. The van der Waals surface area contributed by atoms with Crippen molar-refractivity contribution in [1.29, 1.82) is 0 Å². The van der Waals surface area contributed by atoms with Crippen LogP contribution in [0, 0.1) is 8.99 Å². The van der Waals surface area contributed by atoms with Gasteiger partial charge in [0.25, 0.3) is 5.91 Å². The van der Waals surface area contributed by atoms with Gasteiger partial charge in [-0.2, -0.15) is 0 Å². The number of hydrogen-bond donors (Lipinski definition) is 1. The Balaban J connectivity index is 2.07. The molecule has 0 aromatic heterocycles. The van der Waals surface area contributed by atoms with Crippen LogP contribution in [0.1, 0.15) is 43.5 Å². The van der Waals surface area contributed by atoms with Crippen LogP contribution in [0.3, 0.4) is 0 Å². The molecule has 2 rings (SSSR count). The molecule has 19 heavy (non-hydrogen) atoms. The summed E-state index contributed by atoms with van der Waals surface area (Å²) in [6.07, 6.45) is 3.29. The Morgan fingerprint density at radius 2 is 2.05 bits per heavy atom. The normalized spacial score (nSPS) is 18.4. The first-order valence-electron chi connectivity index (χ1n) is 6.73. The van der Waals surface area contributed by atoms with Gasteiger partial charge in [-0.1, -0.05) is 20.3 Å². The summed E-state index contributed by atoms with van der Waals surface area (Å²) < 4.78 is 0.770. The maximum absolute atomic E-state index is 12.4. The van der Waals surface area contributed by atoms with Crippen molar-refractivity contribution < 1.29 is 9.90 Å². The molecule has 1 aromatic rings. The van der Waals surface area contributed by atoms with Crippen molar-refractivity contribution in [3.63, 3.8) is 0 Å². The lowest BCUT2D eigenvalue weighted by atomic mass is 9.78. The molecule has 0 aliphatic carbocycles. The molecular weight excluding hydrogens is 353 g/mol. The molecule has 3 nitrogen and oxygen atoms in total. The summed E-state index contributed by atoms with van der Waals surface area (Å²) in [5.74, 6) is 0.215. The molecule has 1 aromatic carbocycles. The molecule has 1 fully saturated rings. The first kappa shape index (κ1) is 14.6. The van der Waals surface area contributed by atoms with Crippen molar-refractivity contribution in [3.8, 4) is 5.75 Å². The number of hydrogen-bond acceptors (Lipinski definition) is 2. The Hall–Kier alpha value is -0.780. The van der Waals surface area contributed by atoms with E-state index in [2.05, 4.69) is 36.4 Å². The lowest BCUT2D eigenvalue weighted by molar-refractivity contribution is 0.0600. The van der Waals surface area contributed by atoms with Crippen LogP contribution in [0.2, 0.25) is 0 Å². The molecule has 1 heterocycles. The van der Waals surface area contributed by atoms with Gasteiger partial charge in [-0.3, -0.25) is 4.79 Å². The Kier molecular flexibility index (Phi) is 4.38. The van der Waals surface area contributed by atoms with Crippen molar-refractivity contribution >= 4 is 28.5 Å². The van der Waals surface area contributed by atoms with Crippen LogP contribution in [-0.4, -0.2) is 29.0 Å². The van der Waals surface area contributed by atoms with Gasteiger partial charge in [0.15, 0.2) is 0 Å². The second kappa shape index (κ2) is 5.69. The highest BCUT2D eigenvalue weighted by Crippen LogP contribution is 2.34. The Morgan fingerprint density at radius 3 is 2.58 bits per heavy atom. The van der Waals surface area contributed by atoms with Gasteiger partial charge in [-0.25, -0.2) is 0 Å². The summed E-state index contributed by atoms with van der Waals surface area (Å²) in [7, 11) is 0. The van der Waals surface area contributed by atoms with E-state index < -0.39 is 0 Å². The molecule has 0 bridgehead atoms. The summed E-state index contributed by atoms with van der Waals surface area (Å²) >= 11 is 2.05. The zero-order chi connectivity index (χ0) is 14.0. The van der Waals surface area contributed by atoms with Gasteiger partial charge >= 0.3 is 0 Å². The average Bonchev–Trinajstić information content (AvgIpc) is 2.42. The molecule has 1 N–H and O–H groups in total. The fourth-order valence-corrected chi connectivity index (χ4v) is 2.77. The maximum atomic E-state index is 12.4. The van der Waals surface area contributed by atoms with E-state index in [1.807, 2.05) is 4.90 Å². The monoisotopic (exact) mass is 373 g/mol. The highest BCUT2D eigenvalue weighted by molar-refractivity contribution is 14.1. The van der Waals surface area contributed by atoms with Crippen LogP contribution in [-0.2, 0) is 0 Å². The predicted octanol–water partition coefficient (Wildman–Crippen LogP) is 3.65. The molecule has 104 valence electrons. The van der Waals surface area contributed by atoms with Crippen molar-refractivity contribution in [2.75, 3.05) is 13.1 Å². The molecule has 0 atom stereocenters. The lowest BCUT2D eigenvalue weighted by Gasteiger charge is -2.39. The molecule has 1 amide bonds. The van der Waals surface area contributed by atoms with Crippen LogP contribution in [0.5, 0.6) is 5.75 Å². The minimum Gasteiger partial charge on any atom is -0.507 e. The SMILES string of the molecule is CCC1(C)CCN(C(=O)c2ccc(I)c(O)c2)CC1. The number of phenols is 1. The number of benzene rings is 1. The third-order valence-electron chi connectivity index (χ3n) is 4.30. The quantitative estimate of drug-likeness (QED) is 0.804. The third-order valence-corrected chi connectivity index (χ3v) is 5.22. The van der Waals surface area contributed by atoms with E-state index in [4.69, 9.17) is 0 Å². The van der Waals surface area contributed by atoms with Crippen LogP contribution in [0.25, 0.3) is 0 Å². The summed E-state index contributed by atoms with van der Waals surface area (Å²) in [5, 5.41) is 9.69. The van der Waals surface area contributed by atoms with Crippen molar-refractivity contribution in [1.82, 2.24) is 4.90 Å². The molecule has 1 saturated heterocycles. The van der Waals surface area contributed by atoms with Crippen LogP contribution >= 0.6 is 22.6 Å². The number of carbonyl (C=O) groups is 1. The van der Waals surface area contributed by atoms with E-state index in [1.54, 1.807) is 18.2 Å². The zero-order valence-electron chi connectivity index (χ0n) is 11.4. The maximum Gasteiger partial charge on any atom is 0.253 e. The van der Waals surface area contributed by atoms with E-state index in [-0.39, 0.29) is 11.7 Å². The number of carbonyl (C=O) groups excluding carboxylic acids is 1. The van der Waals surface area contributed by atoms with Gasteiger partial charge in [0.2, 0.25) is 0 Å². The minimum absolute atomic E-state index is 0.0323. The summed E-state index contributed by atoms with van der Waals surface area (Å²) in [6.45, 7) is 6.14. The second-order valence-corrected chi connectivity index (χ2v) is 6.78. The first-order valence-corrected chi connectivity index (χ1v) is 7.81. The van der Waals surface area contributed by atoms with Gasteiger partial charge < -0.3 is 10.0 Å². The molecule has 0 unspecified atom stereocenters. The predicted molar refractivity (Wildman–Crippen MR) is 84.4 cm³/mol. The van der Waals surface area contributed by atoms with Gasteiger partial charge in [-0.05, 0) is 59.0 Å².